The average molecular weight is 1890 g/mol. The Balaban J connectivity index is 0.000000148. The van der Waals surface area contributed by atoms with E-state index >= 15 is 0 Å². The summed E-state index contributed by atoms with van der Waals surface area (Å²) in [6.07, 6.45) is 5.21. The largest absolute Gasteiger partial charge is 0.472 e. The molecular formula is C132H154N4O2S2. The van der Waals surface area contributed by atoms with Crippen LogP contribution in [-0.4, -0.2) is 18.3 Å². The van der Waals surface area contributed by atoms with Crippen LogP contribution in [0.15, 0.2) is 341 Å². The molecule has 0 aliphatic rings. The van der Waals surface area contributed by atoms with Gasteiger partial charge in [0.05, 0.1) is 80.0 Å². The summed E-state index contributed by atoms with van der Waals surface area (Å²) in [5.41, 5.74) is 31.1. The van der Waals surface area contributed by atoms with Crippen LogP contribution in [0.25, 0.3) is 121 Å². The molecule has 0 fully saturated rings. The Hall–Kier alpha value is -12.2. The first-order valence-corrected chi connectivity index (χ1v) is 52.0. The third-order valence-electron chi connectivity index (χ3n) is 26.8. The van der Waals surface area contributed by atoms with E-state index in [1.165, 1.54) is 176 Å². The van der Waals surface area contributed by atoms with Gasteiger partial charge in [-0.15, -0.1) is 11.3 Å². The van der Waals surface area contributed by atoms with E-state index in [4.69, 9.17) is 8.83 Å². The average Bonchev–Trinajstić information content (AvgIpc) is 1.56. The second-order valence-corrected chi connectivity index (χ2v) is 51.0. The van der Waals surface area contributed by atoms with Crippen LogP contribution >= 0.6 is 22.7 Å². The smallest absolute Gasteiger partial charge is 0.109 e. The highest BCUT2D eigenvalue weighted by Gasteiger charge is 2.33. The summed E-state index contributed by atoms with van der Waals surface area (Å²) >= 11 is 3.60. The van der Waals surface area contributed by atoms with Crippen LogP contribution < -0.4 is 0 Å². The third kappa shape index (κ3) is 22.9. The number of rotatable bonds is 5. The summed E-state index contributed by atoms with van der Waals surface area (Å²) in [5, 5.41) is 17.0. The number of hydrogen-bond donors (Lipinski definition) is 0. The van der Waals surface area contributed by atoms with E-state index in [1.54, 1.807) is 30.1 Å². The predicted molar refractivity (Wildman–Crippen MR) is 614 cm³/mol. The zero-order chi connectivity index (χ0) is 102. The highest BCUT2D eigenvalue weighted by Crippen LogP contribution is 2.48. The van der Waals surface area contributed by atoms with Crippen LogP contribution in [-0.2, 0) is 59.6 Å². The maximum atomic E-state index is 5.20. The molecule has 8 heterocycles. The van der Waals surface area contributed by atoms with Crippen LogP contribution in [0.4, 0.5) is 0 Å². The van der Waals surface area contributed by atoms with Crippen molar-refractivity contribution in [1.82, 2.24) is 18.3 Å². The van der Waals surface area contributed by atoms with Gasteiger partial charge < -0.3 is 27.1 Å². The molecule has 8 aromatic heterocycles. The number of aromatic nitrogens is 4. The van der Waals surface area contributed by atoms with Crippen molar-refractivity contribution < 1.29 is 8.83 Å². The van der Waals surface area contributed by atoms with Crippen LogP contribution in [0.5, 0.6) is 0 Å². The molecule has 6 nitrogen and oxygen atoms in total. The molecule has 0 amide bonds. The maximum absolute atomic E-state index is 5.20. The van der Waals surface area contributed by atoms with Crippen molar-refractivity contribution in [3.63, 3.8) is 0 Å². The highest BCUT2D eigenvalue weighted by atomic mass is 32.1. The number of fused-ring (bicyclic) bond motifs is 12. The lowest BCUT2D eigenvalue weighted by atomic mass is 9.80. The number of thiophene rings is 2. The molecule has 0 aliphatic carbocycles. The van der Waals surface area contributed by atoms with E-state index in [-0.39, 0.29) is 48.7 Å². The van der Waals surface area contributed by atoms with Crippen molar-refractivity contribution in [2.24, 2.45) is 0 Å². The lowest BCUT2D eigenvalue weighted by Gasteiger charge is -2.29. The summed E-state index contributed by atoms with van der Waals surface area (Å²) in [6, 6.07) is 109. The third-order valence-corrected chi connectivity index (χ3v) is 28.8. The molecule has 0 atom stereocenters. The molecule has 0 saturated carbocycles. The molecule has 0 saturated heterocycles. The van der Waals surface area contributed by atoms with Gasteiger partial charge in [0.25, 0.3) is 0 Å². The molecule has 0 aliphatic heterocycles. The molecule has 140 heavy (non-hydrogen) atoms. The van der Waals surface area contributed by atoms with Crippen molar-refractivity contribution in [3.05, 3.63) is 393 Å². The summed E-state index contributed by atoms with van der Waals surface area (Å²) < 4.78 is 20.1. The highest BCUT2D eigenvalue weighted by molar-refractivity contribution is 7.10. The number of para-hydroxylation sites is 5. The molecule has 0 N–H and O–H groups in total. The molecular weight excluding hydrogens is 1740 g/mol. The van der Waals surface area contributed by atoms with Gasteiger partial charge in [0.1, 0.15) is 5.76 Å². The van der Waals surface area contributed by atoms with Gasteiger partial charge in [-0.3, -0.25) is 0 Å². The fraction of sp³-hybridized carbons (Fsp3) is 0.333. The Morgan fingerprint density at radius 3 is 0.864 bits per heavy atom. The first kappa shape index (κ1) is 104. The minimum absolute atomic E-state index is 0.00571. The van der Waals surface area contributed by atoms with Gasteiger partial charge in [-0.2, -0.15) is 11.3 Å². The fourth-order valence-corrected chi connectivity index (χ4v) is 20.6. The lowest BCUT2D eigenvalue weighted by Crippen LogP contribution is -2.19. The zero-order valence-corrected chi connectivity index (χ0v) is 91.8. The number of nitrogens with zero attached hydrogens (tertiary/aromatic N) is 4. The van der Waals surface area contributed by atoms with Gasteiger partial charge in [-0.25, -0.2) is 0 Å². The minimum atomic E-state index is -0.162. The van der Waals surface area contributed by atoms with Crippen molar-refractivity contribution >= 4 is 110 Å². The molecule has 8 heteroatoms. The standard InChI is InChI=1S/C50H60N2.C28H25N.C22H21N.2C8H12O.2C8H12S/c1-46(2,3)31-19-23-39-35(27-31)36-28-32(47(4,5)6)20-24-40(36)51(39)43-17-16-18-44(45(43)50(13,14)15)52-41-25-21-33(48(7,8)9)29-37(41)38-30-34(49(10,11)12)22-26-42(38)52;1-28(2,3)27-21(20-12-5-4-6-13-20)16-11-19-26(27)29-24-17-9-7-14-22(24)23-15-8-10-18-25(23)29;1-22(2,3)18-12-6-9-15-21(18)23-19-13-7-4-10-16(19)17-11-5-8-14-20(17)23;1-8(2,3)7-4-5-9-6-7;1-8(2,3)7-5-4-6-9-7;1-8(2,3)7-4-5-9-6-7;1-8(2,3)7-5-4-6-9-7/h16-30H,1-15H3;4-19H,1-3H3;4-15H,1-3H3;4*4-6H,1-3H3. The molecule has 726 valence electrons. The molecule has 0 radical (unpaired) electrons. The van der Waals surface area contributed by atoms with Crippen LogP contribution in [0.2, 0.25) is 0 Å². The summed E-state index contributed by atoms with van der Waals surface area (Å²) in [5.74, 6) is 1.04. The topological polar surface area (TPSA) is 46.0 Å². The fourth-order valence-electron chi connectivity index (χ4n) is 18.9. The summed E-state index contributed by atoms with van der Waals surface area (Å²) in [6.45, 7) is 75.0. The van der Waals surface area contributed by atoms with Gasteiger partial charge in [-0.05, 0) is 253 Å². The van der Waals surface area contributed by atoms with E-state index in [2.05, 4.69) is 542 Å². The van der Waals surface area contributed by atoms with Gasteiger partial charge in [0.2, 0.25) is 0 Å². The van der Waals surface area contributed by atoms with E-state index < -0.39 is 0 Å². The number of furan rings is 2. The van der Waals surface area contributed by atoms with Crippen molar-refractivity contribution in [2.45, 2.75) is 288 Å². The monoisotopic (exact) mass is 1890 g/mol. The Bertz CT molecular complexity index is 7030. The van der Waals surface area contributed by atoms with Gasteiger partial charge >= 0.3 is 0 Å². The van der Waals surface area contributed by atoms with Crippen molar-refractivity contribution in [2.75, 3.05) is 0 Å². The quantitative estimate of drug-likeness (QED) is 0.172. The van der Waals surface area contributed by atoms with Crippen molar-refractivity contribution in [1.29, 1.82) is 0 Å². The SMILES string of the molecule is CC(C)(C)c1c(-c2ccccc2)cccc1-n1c2ccccc2c2ccccc21.CC(C)(C)c1ccc2c(c1)c1cc(C(C)(C)C)ccc1n2-c1cccc(-n2c3ccc(C(C)(C)C)cc3c3cc(C(C)(C)C)ccc32)c1C(C)(C)C.CC(C)(C)c1ccccc1-n1c2ccccc2c2ccccc21.CC(C)(C)c1ccco1.CC(C)(C)c1cccs1.CC(C)(C)c1ccoc1.CC(C)(C)c1ccsc1. The molecule has 0 unspecified atom stereocenters. The normalized spacial score (nSPS) is 12.6. The van der Waals surface area contributed by atoms with E-state index in [9.17, 15) is 0 Å². The van der Waals surface area contributed by atoms with Gasteiger partial charge in [0.15, 0.2) is 0 Å². The summed E-state index contributed by atoms with van der Waals surface area (Å²) in [7, 11) is 0. The van der Waals surface area contributed by atoms with Gasteiger partial charge in [-0.1, -0.05) is 398 Å². The van der Waals surface area contributed by atoms with Crippen LogP contribution in [0.1, 0.15) is 289 Å². The molecule has 0 spiro atoms. The van der Waals surface area contributed by atoms with Crippen molar-refractivity contribution in [3.8, 4) is 33.9 Å². The minimum Gasteiger partial charge on any atom is -0.472 e. The second kappa shape index (κ2) is 40.1. The predicted octanol–water partition coefficient (Wildman–Crippen LogP) is 39.4. The van der Waals surface area contributed by atoms with E-state index in [0.717, 1.165) is 5.76 Å². The maximum Gasteiger partial charge on any atom is 0.109 e. The molecule has 12 aromatic carbocycles. The van der Waals surface area contributed by atoms with Crippen LogP contribution in [0, 0.1) is 0 Å². The number of hydrogen-bond acceptors (Lipinski definition) is 4. The Labute approximate surface area is 845 Å². The second-order valence-electron chi connectivity index (χ2n) is 49.3. The Morgan fingerprint density at radius 1 is 0.221 bits per heavy atom. The zero-order valence-electron chi connectivity index (χ0n) is 90.2. The molecule has 0 bridgehead atoms. The lowest BCUT2D eigenvalue weighted by molar-refractivity contribution is 0.409. The summed E-state index contributed by atoms with van der Waals surface area (Å²) in [4.78, 5) is 1.46. The molecule has 20 rings (SSSR count). The van der Waals surface area contributed by atoms with E-state index in [0.29, 0.717) is 10.8 Å². The molecule has 20 aromatic rings. The van der Waals surface area contributed by atoms with E-state index in [1.807, 2.05) is 29.5 Å². The Kier molecular flexibility index (Phi) is 29.7. The first-order valence-electron chi connectivity index (χ1n) is 50.2. The Morgan fingerprint density at radius 2 is 0.571 bits per heavy atom. The number of benzene rings is 12. The first-order chi connectivity index (χ1) is 65.5. The van der Waals surface area contributed by atoms with Gasteiger partial charge in [0, 0.05) is 64.6 Å². The van der Waals surface area contributed by atoms with Crippen LogP contribution in [0.3, 0.4) is 0 Å².